The molecule has 0 radical (unpaired) electrons. The third kappa shape index (κ3) is 3.80. The fraction of sp³-hybridized carbons (Fsp3) is 0.200. The minimum atomic E-state index is -3.56. The number of halogens is 1. The minimum absolute atomic E-state index is 0.0628. The molecule has 4 nitrogen and oxygen atoms in total. The van der Waals surface area contributed by atoms with Crippen LogP contribution in [0.5, 0.6) is 5.75 Å². The molecule has 112 valence electrons. The molecule has 1 unspecified atom stereocenters. The summed E-state index contributed by atoms with van der Waals surface area (Å²) in [7, 11) is -2.01. The Morgan fingerprint density at radius 1 is 1.10 bits per heavy atom. The number of sulfone groups is 1. The Bertz CT molecular complexity index is 697. The lowest BCUT2D eigenvalue weighted by Gasteiger charge is -2.13. The van der Waals surface area contributed by atoms with Crippen LogP contribution in [0.25, 0.3) is 0 Å². The Hall–Kier alpha value is -1.92. The molecule has 2 aromatic rings. The van der Waals surface area contributed by atoms with E-state index in [9.17, 15) is 12.8 Å². The molecule has 0 bridgehead atoms. The zero-order valence-electron chi connectivity index (χ0n) is 11.5. The maximum Gasteiger partial charge on any atom is 0.180 e. The standard InChI is InChI=1S/C15H16FNO3S/c1-20-13-6-2-11(3-7-13)15(17)10-21(18,19)14-8-4-12(16)5-9-14/h2-9,15H,10,17H2,1H3. The number of hydrogen-bond acceptors (Lipinski definition) is 4. The summed E-state index contributed by atoms with van der Waals surface area (Å²) in [6.45, 7) is 0. The summed E-state index contributed by atoms with van der Waals surface area (Å²) in [6, 6.07) is 11.0. The molecule has 2 N–H and O–H groups in total. The largest absolute Gasteiger partial charge is 0.497 e. The second-order valence-electron chi connectivity index (χ2n) is 4.61. The van der Waals surface area contributed by atoms with Gasteiger partial charge in [-0.2, -0.15) is 0 Å². The average Bonchev–Trinajstić information content (AvgIpc) is 2.47. The Balaban J connectivity index is 2.17. The predicted octanol–water partition coefficient (Wildman–Crippen LogP) is 2.31. The highest BCUT2D eigenvalue weighted by Crippen LogP contribution is 2.20. The fourth-order valence-electron chi connectivity index (χ4n) is 1.92. The summed E-state index contributed by atoms with van der Waals surface area (Å²) >= 11 is 0. The van der Waals surface area contributed by atoms with Crippen molar-refractivity contribution in [1.29, 1.82) is 0 Å². The lowest BCUT2D eigenvalue weighted by atomic mass is 10.1. The molecule has 0 amide bonds. The zero-order chi connectivity index (χ0) is 15.5. The van der Waals surface area contributed by atoms with Gasteiger partial charge in [-0.05, 0) is 42.0 Å². The van der Waals surface area contributed by atoms with Gasteiger partial charge in [0.05, 0.1) is 17.8 Å². The first-order chi connectivity index (χ1) is 9.92. The van der Waals surface area contributed by atoms with Gasteiger partial charge in [-0.15, -0.1) is 0 Å². The van der Waals surface area contributed by atoms with Crippen LogP contribution >= 0.6 is 0 Å². The first-order valence-corrected chi connectivity index (χ1v) is 7.95. The summed E-state index contributed by atoms with van der Waals surface area (Å²) in [5.74, 6) is -0.0499. The fourth-order valence-corrected chi connectivity index (χ4v) is 3.33. The highest BCUT2D eigenvalue weighted by molar-refractivity contribution is 7.91. The summed E-state index contributed by atoms with van der Waals surface area (Å²) in [4.78, 5) is 0.0628. The molecular weight excluding hydrogens is 293 g/mol. The number of benzene rings is 2. The predicted molar refractivity (Wildman–Crippen MR) is 78.4 cm³/mol. The van der Waals surface area contributed by atoms with Gasteiger partial charge in [-0.25, -0.2) is 12.8 Å². The molecule has 21 heavy (non-hydrogen) atoms. The molecule has 0 aliphatic rings. The molecule has 0 aliphatic carbocycles. The molecule has 0 spiro atoms. The van der Waals surface area contributed by atoms with Crippen molar-refractivity contribution in [3.8, 4) is 5.75 Å². The Morgan fingerprint density at radius 3 is 2.19 bits per heavy atom. The van der Waals surface area contributed by atoms with E-state index in [-0.39, 0.29) is 10.6 Å². The van der Waals surface area contributed by atoms with Crippen LogP contribution in [0.4, 0.5) is 4.39 Å². The number of ether oxygens (including phenoxy) is 1. The van der Waals surface area contributed by atoms with E-state index >= 15 is 0 Å². The van der Waals surface area contributed by atoms with Gasteiger partial charge in [0.25, 0.3) is 0 Å². The first-order valence-electron chi connectivity index (χ1n) is 6.30. The van der Waals surface area contributed by atoms with Crippen LogP contribution in [0.15, 0.2) is 53.4 Å². The van der Waals surface area contributed by atoms with Gasteiger partial charge < -0.3 is 10.5 Å². The monoisotopic (exact) mass is 309 g/mol. The number of methoxy groups -OCH3 is 1. The van der Waals surface area contributed by atoms with Crippen molar-refractivity contribution in [3.63, 3.8) is 0 Å². The summed E-state index contributed by atoms with van der Waals surface area (Å²) in [5.41, 5.74) is 6.64. The average molecular weight is 309 g/mol. The van der Waals surface area contributed by atoms with E-state index in [0.29, 0.717) is 11.3 Å². The van der Waals surface area contributed by atoms with Crippen molar-refractivity contribution in [3.05, 3.63) is 59.9 Å². The van der Waals surface area contributed by atoms with Crippen LogP contribution in [0, 0.1) is 5.82 Å². The number of hydrogen-bond donors (Lipinski definition) is 1. The van der Waals surface area contributed by atoms with E-state index in [0.717, 1.165) is 12.1 Å². The van der Waals surface area contributed by atoms with Crippen LogP contribution in [0.1, 0.15) is 11.6 Å². The zero-order valence-corrected chi connectivity index (χ0v) is 12.3. The molecule has 0 saturated carbocycles. The smallest absolute Gasteiger partial charge is 0.180 e. The topological polar surface area (TPSA) is 69.4 Å². The molecule has 0 aliphatic heterocycles. The normalized spacial score (nSPS) is 12.9. The number of nitrogens with two attached hydrogens (primary N) is 1. The van der Waals surface area contributed by atoms with Crippen LogP contribution < -0.4 is 10.5 Å². The Kier molecular flexibility index (Phi) is 4.59. The second-order valence-corrected chi connectivity index (χ2v) is 6.65. The van der Waals surface area contributed by atoms with E-state index < -0.39 is 21.7 Å². The SMILES string of the molecule is COc1ccc(C(N)CS(=O)(=O)c2ccc(F)cc2)cc1. The summed E-state index contributed by atoms with van der Waals surface area (Å²) < 4.78 is 42.3. The van der Waals surface area contributed by atoms with E-state index in [1.807, 2.05) is 0 Å². The van der Waals surface area contributed by atoms with Crippen molar-refractivity contribution in [2.45, 2.75) is 10.9 Å². The van der Waals surface area contributed by atoms with E-state index in [1.165, 1.54) is 12.1 Å². The van der Waals surface area contributed by atoms with Gasteiger partial charge in [0.15, 0.2) is 9.84 Å². The molecule has 2 rings (SSSR count). The van der Waals surface area contributed by atoms with Crippen molar-refractivity contribution < 1.29 is 17.5 Å². The quantitative estimate of drug-likeness (QED) is 0.861. The highest BCUT2D eigenvalue weighted by atomic mass is 32.2. The van der Waals surface area contributed by atoms with Gasteiger partial charge in [0.1, 0.15) is 11.6 Å². The van der Waals surface area contributed by atoms with Crippen molar-refractivity contribution in [2.75, 3.05) is 12.9 Å². The first kappa shape index (κ1) is 15.5. The lowest BCUT2D eigenvalue weighted by Crippen LogP contribution is -2.21. The van der Waals surface area contributed by atoms with Crippen LogP contribution in [0.3, 0.4) is 0 Å². The Morgan fingerprint density at radius 2 is 1.67 bits per heavy atom. The Labute approximate surface area is 123 Å². The third-order valence-electron chi connectivity index (χ3n) is 3.12. The molecule has 6 heteroatoms. The van der Waals surface area contributed by atoms with Crippen LogP contribution in [-0.4, -0.2) is 21.3 Å². The van der Waals surface area contributed by atoms with Gasteiger partial charge >= 0.3 is 0 Å². The van der Waals surface area contributed by atoms with Gasteiger partial charge in [-0.3, -0.25) is 0 Å². The van der Waals surface area contributed by atoms with Gasteiger partial charge in [0.2, 0.25) is 0 Å². The van der Waals surface area contributed by atoms with Crippen molar-refractivity contribution in [2.24, 2.45) is 5.73 Å². The number of rotatable bonds is 5. The van der Waals surface area contributed by atoms with Gasteiger partial charge in [0, 0.05) is 6.04 Å². The van der Waals surface area contributed by atoms with Crippen LogP contribution in [0.2, 0.25) is 0 Å². The molecule has 0 fully saturated rings. The molecule has 0 heterocycles. The lowest BCUT2D eigenvalue weighted by molar-refractivity contribution is 0.414. The summed E-state index contributed by atoms with van der Waals surface area (Å²) in [6.07, 6.45) is 0. The molecule has 0 saturated heterocycles. The maximum atomic E-state index is 12.8. The van der Waals surface area contributed by atoms with Crippen molar-refractivity contribution >= 4 is 9.84 Å². The van der Waals surface area contributed by atoms with E-state index in [4.69, 9.17) is 10.5 Å². The maximum absolute atomic E-state index is 12.8. The minimum Gasteiger partial charge on any atom is -0.497 e. The van der Waals surface area contributed by atoms with Crippen molar-refractivity contribution in [1.82, 2.24) is 0 Å². The summed E-state index contributed by atoms with van der Waals surface area (Å²) in [5, 5.41) is 0. The van der Waals surface area contributed by atoms with Crippen LogP contribution in [-0.2, 0) is 9.84 Å². The molecular formula is C15H16FNO3S. The second kappa shape index (κ2) is 6.24. The molecule has 1 atom stereocenters. The van der Waals surface area contributed by atoms with E-state index in [2.05, 4.69) is 0 Å². The third-order valence-corrected chi connectivity index (χ3v) is 4.90. The molecule has 0 aromatic heterocycles. The molecule has 2 aromatic carbocycles. The van der Waals surface area contributed by atoms with E-state index in [1.54, 1.807) is 31.4 Å². The highest BCUT2D eigenvalue weighted by Gasteiger charge is 2.20. The van der Waals surface area contributed by atoms with Gasteiger partial charge in [-0.1, -0.05) is 12.1 Å².